The van der Waals surface area contributed by atoms with Gasteiger partial charge in [0.1, 0.15) is 0 Å². The minimum atomic E-state index is 0.917. The van der Waals surface area contributed by atoms with Gasteiger partial charge in [-0.2, -0.15) is 0 Å². The molecule has 1 aromatic rings. The molecule has 0 aromatic heterocycles. The molecule has 0 atom stereocenters. The van der Waals surface area contributed by atoms with Gasteiger partial charge in [0.05, 0.1) is 0 Å². The van der Waals surface area contributed by atoms with Gasteiger partial charge >= 0.3 is 0 Å². The number of aryl methyl sites for hydroxylation is 2. The van der Waals surface area contributed by atoms with E-state index in [0.717, 1.165) is 5.33 Å². The molecule has 12 heavy (non-hydrogen) atoms. The Morgan fingerprint density at radius 2 is 2.08 bits per heavy atom. The fourth-order valence-electron chi connectivity index (χ4n) is 1.11. The molecule has 64 valence electrons. The Kier molecular flexibility index (Phi) is 3.54. The maximum atomic E-state index is 3.36. The van der Waals surface area contributed by atoms with E-state index in [1.807, 2.05) is 0 Å². The molecule has 0 radical (unpaired) electrons. The Balaban J connectivity index is 2.97. The molecule has 0 bridgehead atoms. The number of allylic oxidation sites excluding steroid dienone is 1. The van der Waals surface area contributed by atoms with E-state index in [-0.39, 0.29) is 0 Å². The highest BCUT2D eigenvalue weighted by molar-refractivity contribution is 9.09. The normalized spacial score (nSPS) is 10.9. The monoisotopic (exact) mass is 224 g/mol. The van der Waals surface area contributed by atoms with Gasteiger partial charge in [-0.3, -0.25) is 0 Å². The minimum absolute atomic E-state index is 0.917. The molecule has 0 saturated heterocycles. The van der Waals surface area contributed by atoms with Crippen molar-refractivity contribution in [2.45, 2.75) is 13.8 Å². The highest BCUT2D eigenvalue weighted by atomic mass is 79.9. The third-order valence-corrected chi connectivity index (χ3v) is 2.20. The van der Waals surface area contributed by atoms with E-state index in [1.165, 1.54) is 16.7 Å². The van der Waals surface area contributed by atoms with Gasteiger partial charge < -0.3 is 0 Å². The molecule has 0 N–H and O–H groups in total. The van der Waals surface area contributed by atoms with Crippen LogP contribution in [0.4, 0.5) is 0 Å². The lowest BCUT2D eigenvalue weighted by molar-refractivity contribution is 1.37. The predicted octanol–water partition coefficient (Wildman–Crippen LogP) is 3.71. The molecule has 0 amide bonds. The molecular formula is C11H13Br. The third kappa shape index (κ3) is 2.49. The minimum Gasteiger partial charge on any atom is -0.0883 e. The molecule has 1 aromatic carbocycles. The van der Waals surface area contributed by atoms with Crippen molar-refractivity contribution in [1.82, 2.24) is 0 Å². The predicted molar refractivity (Wildman–Crippen MR) is 58.7 cm³/mol. The summed E-state index contributed by atoms with van der Waals surface area (Å²) >= 11 is 3.36. The summed E-state index contributed by atoms with van der Waals surface area (Å²) in [5.74, 6) is 0. The first-order valence-electron chi connectivity index (χ1n) is 4.04. The molecule has 0 aliphatic rings. The van der Waals surface area contributed by atoms with Gasteiger partial charge in [-0.25, -0.2) is 0 Å². The Morgan fingerprint density at radius 1 is 1.33 bits per heavy atom. The summed E-state index contributed by atoms with van der Waals surface area (Å²) in [7, 11) is 0. The maximum absolute atomic E-state index is 3.36. The van der Waals surface area contributed by atoms with Gasteiger partial charge in [0.15, 0.2) is 0 Å². The largest absolute Gasteiger partial charge is 0.0883 e. The van der Waals surface area contributed by atoms with Crippen molar-refractivity contribution in [2.75, 3.05) is 5.33 Å². The number of alkyl halides is 1. The lowest BCUT2D eigenvalue weighted by Gasteiger charge is -2.00. The van der Waals surface area contributed by atoms with E-state index in [0.29, 0.717) is 0 Å². The smallest absolute Gasteiger partial charge is 0.0215 e. The summed E-state index contributed by atoms with van der Waals surface area (Å²) in [6.45, 7) is 4.25. The SMILES string of the molecule is Cc1ccc(C)c(C=CCBr)c1. The zero-order chi connectivity index (χ0) is 8.97. The summed E-state index contributed by atoms with van der Waals surface area (Å²) in [4.78, 5) is 0. The number of halogens is 1. The molecule has 0 saturated carbocycles. The van der Waals surface area contributed by atoms with Gasteiger partial charge in [0, 0.05) is 5.33 Å². The van der Waals surface area contributed by atoms with Gasteiger partial charge in [-0.1, -0.05) is 51.8 Å². The van der Waals surface area contributed by atoms with Crippen LogP contribution in [0, 0.1) is 13.8 Å². The first-order chi connectivity index (χ1) is 5.74. The van der Waals surface area contributed by atoms with Gasteiger partial charge in [-0.15, -0.1) is 0 Å². The van der Waals surface area contributed by atoms with Crippen LogP contribution < -0.4 is 0 Å². The zero-order valence-electron chi connectivity index (χ0n) is 7.47. The fraction of sp³-hybridized carbons (Fsp3) is 0.273. The molecule has 1 heteroatoms. The van der Waals surface area contributed by atoms with E-state index in [4.69, 9.17) is 0 Å². The van der Waals surface area contributed by atoms with Gasteiger partial charge in [-0.05, 0) is 25.0 Å². The van der Waals surface area contributed by atoms with Gasteiger partial charge in [0.25, 0.3) is 0 Å². The molecule has 0 aliphatic carbocycles. The summed E-state index contributed by atoms with van der Waals surface area (Å²) in [5.41, 5.74) is 3.96. The lowest BCUT2D eigenvalue weighted by atomic mass is 10.1. The molecule has 1 rings (SSSR count). The van der Waals surface area contributed by atoms with Gasteiger partial charge in [0.2, 0.25) is 0 Å². The topological polar surface area (TPSA) is 0 Å². The number of hydrogen-bond donors (Lipinski definition) is 0. The number of rotatable bonds is 2. The van der Waals surface area contributed by atoms with Crippen LogP contribution in [0.25, 0.3) is 6.08 Å². The number of benzene rings is 1. The second-order valence-electron chi connectivity index (χ2n) is 2.92. The van der Waals surface area contributed by atoms with E-state index >= 15 is 0 Å². The van der Waals surface area contributed by atoms with Crippen LogP contribution >= 0.6 is 15.9 Å². The van der Waals surface area contributed by atoms with Crippen molar-refractivity contribution < 1.29 is 0 Å². The van der Waals surface area contributed by atoms with E-state index in [9.17, 15) is 0 Å². The Labute approximate surface area is 82.4 Å². The summed E-state index contributed by atoms with van der Waals surface area (Å²) in [6, 6.07) is 6.50. The molecule has 0 aliphatic heterocycles. The van der Waals surface area contributed by atoms with E-state index in [1.54, 1.807) is 0 Å². The maximum Gasteiger partial charge on any atom is 0.0215 e. The Bertz CT molecular complexity index is 287. The van der Waals surface area contributed by atoms with E-state index in [2.05, 4.69) is 60.1 Å². The second kappa shape index (κ2) is 4.46. The van der Waals surface area contributed by atoms with E-state index < -0.39 is 0 Å². The highest BCUT2D eigenvalue weighted by Gasteiger charge is 1.92. The van der Waals surface area contributed by atoms with Crippen LogP contribution in [0.3, 0.4) is 0 Å². The van der Waals surface area contributed by atoms with Crippen molar-refractivity contribution in [3.8, 4) is 0 Å². The average Bonchev–Trinajstić information content (AvgIpc) is 2.07. The third-order valence-electron chi connectivity index (χ3n) is 1.82. The van der Waals surface area contributed by atoms with Crippen molar-refractivity contribution in [1.29, 1.82) is 0 Å². The molecule has 0 spiro atoms. The fourth-order valence-corrected chi connectivity index (χ4v) is 1.30. The molecule has 0 nitrogen and oxygen atoms in total. The van der Waals surface area contributed by atoms with Crippen molar-refractivity contribution >= 4 is 22.0 Å². The average molecular weight is 225 g/mol. The van der Waals surface area contributed by atoms with Crippen LogP contribution in [0.5, 0.6) is 0 Å². The van der Waals surface area contributed by atoms with Crippen LogP contribution in [0.1, 0.15) is 16.7 Å². The highest BCUT2D eigenvalue weighted by Crippen LogP contribution is 2.12. The Morgan fingerprint density at radius 3 is 2.75 bits per heavy atom. The first-order valence-corrected chi connectivity index (χ1v) is 5.16. The lowest BCUT2D eigenvalue weighted by Crippen LogP contribution is -1.81. The summed E-state index contributed by atoms with van der Waals surface area (Å²) in [6.07, 6.45) is 4.26. The van der Waals surface area contributed by atoms with Crippen LogP contribution in [0.15, 0.2) is 24.3 Å². The van der Waals surface area contributed by atoms with Crippen molar-refractivity contribution in [3.05, 3.63) is 41.0 Å². The van der Waals surface area contributed by atoms with Crippen LogP contribution in [-0.2, 0) is 0 Å². The Hall–Kier alpha value is -0.560. The first kappa shape index (κ1) is 9.53. The summed E-state index contributed by atoms with van der Waals surface area (Å²) in [5, 5.41) is 0.917. The van der Waals surface area contributed by atoms with Crippen LogP contribution in [-0.4, -0.2) is 5.33 Å². The van der Waals surface area contributed by atoms with Crippen LogP contribution in [0.2, 0.25) is 0 Å². The molecule has 0 unspecified atom stereocenters. The second-order valence-corrected chi connectivity index (χ2v) is 3.56. The molecule has 0 heterocycles. The number of hydrogen-bond acceptors (Lipinski definition) is 0. The quantitative estimate of drug-likeness (QED) is 0.673. The zero-order valence-corrected chi connectivity index (χ0v) is 9.06. The molecule has 0 fully saturated rings. The standard InChI is InChI=1S/C11H13Br/c1-9-5-6-10(2)11(8-9)4-3-7-12/h3-6,8H,7H2,1-2H3. The summed E-state index contributed by atoms with van der Waals surface area (Å²) < 4.78 is 0. The van der Waals surface area contributed by atoms with Crippen molar-refractivity contribution in [2.24, 2.45) is 0 Å². The van der Waals surface area contributed by atoms with Crippen molar-refractivity contribution in [3.63, 3.8) is 0 Å². The molecular weight excluding hydrogens is 212 g/mol.